The second kappa shape index (κ2) is 9.52. The van der Waals surface area contributed by atoms with Crippen LogP contribution in [-0.2, 0) is 20.9 Å². The first kappa shape index (κ1) is 22.4. The summed E-state index contributed by atoms with van der Waals surface area (Å²) in [6, 6.07) is 8.29. The Kier molecular flexibility index (Phi) is 7.61. The molecule has 0 radical (unpaired) electrons. The van der Waals surface area contributed by atoms with E-state index in [0.29, 0.717) is 11.3 Å². The molecule has 1 aromatic carbocycles. The van der Waals surface area contributed by atoms with Gasteiger partial charge in [-0.25, -0.2) is 30.7 Å². The smallest absolute Gasteiger partial charge is 0.209 e. The molecule has 0 saturated carbocycles. The minimum atomic E-state index is -3.66. The maximum atomic E-state index is 13.1. The van der Waals surface area contributed by atoms with E-state index in [-0.39, 0.29) is 0 Å². The molecule has 28 heavy (non-hydrogen) atoms. The number of rotatable bonds is 9. The molecule has 8 nitrogen and oxygen atoms in total. The largest absolute Gasteiger partial charge is 0.387 e. The minimum absolute atomic E-state index is 0.365. The summed E-state index contributed by atoms with van der Waals surface area (Å²) in [6.07, 6.45) is 1.15. The Bertz CT molecular complexity index is 955. The van der Waals surface area contributed by atoms with E-state index < -0.39 is 45.8 Å². The lowest BCUT2D eigenvalue weighted by Gasteiger charge is -2.21. The predicted molar refractivity (Wildman–Crippen MR) is 104 cm³/mol. The fraction of sp³-hybridized carbons (Fsp3) is 0.353. The zero-order valence-corrected chi connectivity index (χ0v) is 17.0. The van der Waals surface area contributed by atoms with Gasteiger partial charge >= 0.3 is 0 Å². The van der Waals surface area contributed by atoms with Gasteiger partial charge in [0.15, 0.2) is 0 Å². The van der Waals surface area contributed by atoms with Crippen molar-refractivity contribution in [3.63, 3.8) is 0 Å². The molecule has 0 saturated heterocycles. The van der Waals surface area contributed by atoms with Crippen LogP contribution < -0.4 is 9.44 Å². The highest BCUT2D eigenvalue weighted by Gasteiger charge is 2.24. The number of thiol groups is 1. The van der Waals surface area contributed by atoms with Crippen molar-refractivity contribution in [1.82, 2.24) is 14.4 Å². The van der Waals surface area contributed by atoms with E-state index in [1.165, 1.54) is 0 Å². The summed E-state index contributed by atoms with van der Waals surface area (Å²) in [5.74, 6) is 0. The van der Waals surface area contributed by atoms with Crippen LogP contribution in [0.4, 0.5) is 4.39 Å². The van der Waals surface area contributed by atoms with Gasteiger partial charge in [-0.05, 0) is 24.1 Å². The third-order valence-electron chi connectivity index (χ3n) is 4.03. The number of nitrogens with one attached hydrogen (secondary N) is 2. The van der Waals surface area contributed by atoms with Crippen molar-refractivity contribution in [2.45, 2.75) is 25.1 Å². The van der Waals surface area contributed by atoms with E-state index in [0.717, 1.165) is 17.4 Å². The van der Waals surface area contributed by atoms with Gasteiger partial charge in [-0.1, -0.05) is 30.3 Å². The molecule has 2 aromatic rings. The Morgan fingerprint density at radius 2 is 1.75 bits per heavy atom. The van der Waals surface area contributed by atoms with Gasteiger partial charge in [-0.15, -0.1) is 0 Å². The molecule has 0 amide bonds. The van der Waals surface area contributed by atoms with Crippen LogP contribution in [0.3, 0.4) is 0 Å². The predicted octanol–water partition coefficient (Wildman–Crippen LogP) is 0.846. The van der Waals surface area contributed by atoms with Crippen molar-refractivity contribution in [2.75, 3.05) is 12.9 Å². The lowest BCUT2D eigenvalue weighted by molar-refractivity contribution is 0.125. The van der Waals surface area contributed by atoms with Crippen molar-refractivity contribution in [3.8, 4) is 11.1 Å². The fourth-order valence-electron chi connectivity index (χ4n) is 2.62. The van der Waals surface area contributed by atoms with Crippen molar-refractivity contribution in [1.29, 1.82) is 0 Å². The number of alkyl halides is 1. The zero-order chi connectivity index (χ0) is 20.9. The number of aliphatic hydroxyl groups excluding tert-OH is 1. The number of hydrogen-bond acceptors (Lipinski definition) is 6. The van der Waals surface area contributed by atoms with Crippen molar-refractivity contribution in [2.24, 2.45) is 0 Å². The third kappa shape index (κ3) is 6.31. The molecule has 1 aromatic heterocycles. The monoisotopic (exact) mass is 431 g/mol. The highest BCUT2D eigenvalue weighted by molar-refractivity contribution is 7.88. The maximum Gasteiger partial charge on any atom is 0.209 e. The molecule has 1 heterocycles. The number of nitrogens with zero attached hydrogens (tertiary/aromatic N) is 1. The molecular weight excluding hydrogens is 409 g/mol. The summed E-state index contributed by atoms with van der Waals surface area (Å²) < 4.78 is 61.5. The highest BCUT2D eigenvalue weighted by atomic mass is 32.2. The summed E-state index contributed by atoms with van der Waals surface area (Å²) in [6.45, 7) is 0.623. The average molecular weight is 432 g/mol. The van der Waals surface area contributed by atoms with E-state index in [4.69, 9.17) is 0 Å². The Morgan fingerprint density at radius 3 is 2.21 bits per heavy atom. The van der Waals surface area contributed by atoms with Crippen LogP contribution in [0.25, 0.3) is 11.1 Å². The molecule has 3 N–H and O–H groups in total. The average Bonchev–Trinajstić information content (AvgIpc) is 2.64. The summed E-state index contributed by atoms with van der Waals surface area (Å²) in [7, 11) is -6.38. The van der Waals surface area contributed by atoms with Gasteiger partial charge in [-0.2, -0.15) is 0 Å². The Balaban J connectivity index is 2.15. The first-order valence-electron chi connectivity index (χ1n) is 8.29. The van der Waals surface area contributed by atoms with Crippen LogP contribution in [0.15, 0.2) is 42.6 Å². The lowest BCUT2D eigenvalue weighted by atomic mass is 9.99. The molecule has 0 spiro atoms. The second-order valence-electron chi connectivity index (χ2n) is 6.30. The molecule has 0 aliphatic heterocycles. The van der Waals surface area contributed by atoms with E-state index in [2.05, 4.69) is 14.4 Å². The number of halogens is 1. The van der Waals surface area contributed by atoms with Gasteiger partial charge < -0.3 is 5.11 Å². The molecule has 0 aliphatic rings. The van der Waals surface area contributed by atoms with Crippen LogP contribution in [0.5, 0.6) is 0 Å². The SMILES string of the molecule is CC(N[SH](=O)=O)c1ccc(-c2ccc([C@@H](O)[C@@H](CF)NS(C)(=O)=O)cc2)cn1. The molecule has 154 valence electrons. The topological polar surface area (TPSA) is 125 Å². The molecule has 0 bridgehead atoms. The molecule has 0 aliphatic carbocycles. The van der Waals surface area contributed by atoms with Crippen LogP contribution in [0, 0.1) is 0 Å². The van der Waals surface area contributed by atoms with Crippen LogP contribution >= 0.6 is 0 Å². The van der Waals surface area contributed by atoms with Crippen LogP contribution in [0.1, 0.15) is 30.3 Å². The first-order valence-corrected chi connectivity index (χ1v) is 11.4. The molecule has 3 atom stereocenters. The number of sulfonamides is 1. The van der Waals surface area contributed by atoms with Crippen LogP contribution in [-0.4, -0.2) is 45.9 Å². The highest BCUT2D eigenvalue weighted by Crippen LogP contribution is 2.24. The summed E-state index contributed by atoms with van der Waals surface area (Å²) in [5, 5.41) is 10.2. The molecule has 0 fully saturated rings. The van der Waals surface area contributed by atoms with E-state index in [1.807, 2.05) is 0 Å². The lowest BCUT2D eigenvalue weighted by Crippen LogP contribution is -2.40. The molecule has 1 unspecified atom stereocenters. The van der Waals surface area contributed by atoms with Gasteiger partial charge in [0.2, 0.25) is 20.9 Å². The van der Waals surface area contributed by atoms with Crippen molar-refractivity contribution in [3.05, 3.63) is 53.9 Å². The number of hydrogen-bond donors (Lipinski definition) is 4. The standard InChI is InChI=1S/C17H22FN3O5S2/c1-11(20-27(23)24)15-8-7-14(10-19-15)12-3-5-13(6-4-12)17(22)16(9-18)21-28(2,25)26/h3-8,10-11,16-17,21-22,27H,9H2,1-2H3,(H,20,23,24)/t11?,16-,17-/m1/s1. The zero-order valence-electron chi connectivity index (χ0n) is 15.2. The number of benzene rings is 1. The molecular formula is C17H22FN3O5S2. The van der Waals surface area contributed by atoms with Crippen LogP contribution in [0.2, 0.25) is 0 Å². The van der Waals surface area contributed by atoms with E-state index in [9.17, 15) is 26.3 Å². The quantitative estimate of drug-likeness (QED) is 0.436. The molecule has 11 heteroatoms. The summed E-state index contributed by atoms with van der Waals surface area (Å²) in [5.41, 5.74) is 2.47. The minimum Gasteiger partial charge on any atom is -0.387 e. The van der Waals surface area contributed by atoms with Crippen molar-refractivity contribution < 1.29 is 26.3 Å². The van der Waals surface area contributed by atoms with Gasteiger partial charge in [-0.3, -0.25) is 4.98 Å². The van der Waals surface area contributed by atoms with Gasteiger partial charge in [0.05, 0.1) is 30.1 Å². The van der Waals surface area contributed by atoms with Crippen molar-refractivity contribution >= 4 is 20.9 Å². The normalized spacial score (nSPS) is 15.3. The van der Waals surface area contributed by atoms with Gasteiger partial charge in [0, 0.05) is 11.8 Å². The maximum absolute atomic E-state index is 13.1. The van der Waals surface area contributed by atoms with Gasteiger partial charge in [0.1, 0.15) is 6.67 Å². The van der Waals surface area contributed by atoms with Gasteiger partial charge in [0.25, 0.3) is 0 Å². The Labute approximate surface area is 165 Å². The van der Waals surface area contributed by atoms with E-state index >= 15 is 0 Å². The number of aromatic nitrogens is 1. The Morgan fingerprint density at radius 1 is 1.14 bits per heavy atom. The second-order valence-corrected chi connectivity index (χ2v) is 8.85. The molecule has 2 rings (SSSR count). The summed E-state index contributed by atoms with van der Waals surface area (Å²) in [4.78, 5) is 4.24. The Hall–Kier alpha value is -1.92. The number of aliphatic hydroxyl groups is 1. The fourth-order valence-corrected chi connectivity index (χ4v) is 3.81. The first-order chi connectivity index (χ1) is 13.1. The third-order valence-corrected chi connectivity index (χ3v) is 5.36. The summed E-state index contributed by atoms with van der Waals surface area (Å²) >= 11 is 0. The number of pyridine rings is 1. The van der Waals surface area contributed by atoms with E-state index in [1.54, 1.807) is 49.5 Å².